The van der Waals surface area contributed by atoms with Crippen molar-refractivity contribution in [3.8, 4) is 0 Å². The summed E-state index contributed by atoms with van der Waals surface area (Å²) < 4.78 is 15.9. The number of nitro groups is 1. The first kappa shape index (κ1) is 28.0. The van der Waals surface area contributed by atoms with Gasteiger partial charge in [0.15, 0.2) is 0 Å². The zero-order valence-corrected chi connectivity index (χ0v) is 21.8. The second-order valence-electron chi connectivity index (χ2n) is 9.35. The molecule has 0 radical (unpaired) electrons. The number of urea groups is 1. The predicted octanol–water partition coefficient (Wildman–Crippen LogP) is 2.61. The largest absolute Gasteiger partial charge is 0.467 e. The number of rotatable bonds is 10. The van der Waals surface area contributed by atoms with Crippen LogP contribution in [0.3, 0.4) is 0 Å². The summed E-state index contributed by atoms with van der Waals surface area (Å²) in [5.41, 5.74) is -1.31. The molecule has 3 heterocycles. The number of nitro benzene ring substituents is 1. The number of fused-ring (bicyclic) bond motifs is 1. The fraction of sp³-hybridized carbons (Fsp3) is 0.346. The fourth-order valence-corrected chi connectivity index (χ4v) is 4.56. The van der Waals surface area contributed by atoms with Gasteiger partial charge in [0.1, 0.15) is 30.0 Å². The summed E-state index contributed by atoms with van der Waals surface area (Å²) >= 11 is 0. The molecule has 40 heavy (non-hydrogen) atoms. The molecule has 2 atom stereocenters. The monoisotopic (exact) mass is 554 g/mol. The molecule has 4 rings (SSSR count). The molecule has 14 heteroatoms. The van der Waals surface area contributed by atoms with Crippen LogP contribution >= 0.6 is 0 Å². The van der Waals surface area contributed by atoms with Gasteiger partial charge >= 0.3 is 18.0 Å². The summed E-state index contributed by atoms with van der Waals surface area (Å²) in [4.78, 5) is 76.4. The Bertz CT molecular complexity index is 1410. The Morgan fingerprint density at radius 3 is 2.50 bits per heavy atom. The maximum atomic E-state index is 13.4. The number of esters is 2. The number of hydrogen-bond acceptors (Lipinski definition) is 10. The van der Waals surface area contributed by atoms with Crippen molar-refractivity contribution in [3.05, 3.63) is 74.9 Å². The normalized spacial score (nSPS) is 17.4. The molecule has 0 aliphatic carbocycles. The summed E-state index contributed by atoms with van der Waals surface area (Å²) in [6.45, 7) is 4.51. The third-order valence-corrected chi connectivity index (χ3v) is 6.23. The lowest BCUT2D eigenvalue weighted by Gasteiger charge is -2.29. The Labute approximate surface area is 227 Å². The van der Waals surface area contributed by atoms with Crippen LogP contribution in [-0.2, 0) is 19.1 Å². The Kier molecular flexibility index (Phi) is 7.98. The first-order chi connectivity index (χ1) is 19.0. The molecule has 2 aromatic rings. The molecule has 2 aliphatic rings. The van der Waals surface area contributed by atoms with Gasteiger partial charge in [-0.15, -0.1) is 0 Å². The van der Waals surface area contributed by atoms with Crippen LogP contribution < -0.4 is 10.6 Å². The first-order valence-electron chi connectivity index (χ1n) is 12.4. The fourth-order valence-electron chi connectivity index (χ4n) is 4.56. The SMILES string of the molecule is CCOC(=O)C1=C(COC(=O)[C@@H](CC(C)C)N2C(=O)c3cccc([N+](=O)[O-])c3C2=O)NC(=O)N[C@@H]1c1ccco1. The van der Waals surface area contributed by atoms with Crippen LogP contribution in [0.5, 0.6) is 0 Å². The smallest absolute Gasteiger partial charge is 0.338 e. The first-order valence-corrected chi connectivity index (χ1v) is 12.4. The standard InChI is InChI=1S/C26H26N4O10/c1-4-38-25(34)20-15(27-26(35)28-21(20)18-9-6-10-39-18)12-40-24(33)17(11-13(2)3)29-22(31)14-7-5-8-16(30(36)37)19(14)23(29)32/h5-10,13,17,21H,4,11-12H2,1-3H3,(H2,27,28,35)/t17-,21-/m1/s1. The molecule has 14 nitrogen and oxygen atoms in total. The van der Waals surface area contributed by atoms with Crippen LogP contribution in [0.25, 0.3) is 0 Å². The maximum absolute atomic E-state index is 13.4. The van der Waals surface area contributed by atoms with Crippen LogP contribution in [0.2, 0.25) is 0 Å². The van der Waals surface area contributed by atoms with E-state index < -0.39 is 64.6 Å². The molecule has 0 fully saturated rings. The third kappa shape index (κ3) is 5.28. The van der Waals surface area contributed by atoms with Crippen molar-refractivity contribution in [1.82, 2.24) is 15.5 Å². The van der Waals surface area contributed by atoms with Crippen molar-refractivity contribution in [2.24, 2.45) is 5.92 Å². The number of amides is 4. The lowest BCUT2D eigenvalue weighted by atomic mass is 10.00. The minimum absolute atomic E-state index is 0.00911. The van der Waals surface area contributed by atoms with Crippen LogP contribution in [0.15, 0.2) is 52.3 Å². The van der Waals surface area contributed by atoms with Gasteiger partial charge in [-0.05, 0) is 37.5 Å². The summed E-state index contributed by atoms with van der Waals surface area (Å²) in [6, 6.07) is 3.58. The number of nitrogens with one attached hydrogen (secondary N) is 2. The highest BCUT2D eigenvalue weighted by molar-refractivity contribution is 6.24. The summed E-state index contributed by atoms with van der Waals surface area (Å²) in [6.07, 6.45) is 1.35. The topological polar surface area (TPSA) is 187 Å². The van der Waals surface area contributed by atoms with Crippen molar-refractivity contribution < 1.29 is 42.8 Å². The van der Waals surface area contributed by atoms with Gasteiger partial charge in [-0.1, -0.05) is 19.9 Å². The summed E-state index contributed by atoms with van der Waals surface area (Å²) in [5, 5.41) is 16.5. The Morgan fingerprint density at radius 1 is 1.12 bits per heavy atom. The molecule has 2 aliphatic heterocycles. The molecular weight excluding hydrogens is 528 g/mol. The van der Waals surface area contributed by atoms with Crippen LogP contribution in [0.4, 0.5) is 10.5 Å². The van der Waals surface area contributed by atoms with E-state index in [4.69, 9.17) is 13.9 Å². The van der Waals surface area contributed by atoms with Crippen LogP contribution in [0, 0.1) is 16.0 Å². The Hall–Kier alpha value is -5.01. The van der Waals surface area contributed by atoms with E-state index in [1.54, 1.807) is 32.9 Å². The van der Waals surface area contributed by atoms with Gasteiger partial charge in [-0.25, -0.2) is 14.4 Å². The highest BCUT2D eigenvalue weighted by Gasteiger charge is 2.47. The molecule has 2 N–H and O–H groups in total. The van der Waals surface area contributed by atoms with E-state index in [1.807, 2.05) is 0 Å². The number of ether oxygens (including phenoxy) is 2. The zero-order valence-electron chi connectivity index (χ0n) is 21.8. The van der Waals surface area contributed by atoms with Gasteiger partial charge in [-0.3, -0.25) is 24.6 Å². The van der Waals surface area contributed by atoms with Gasteiger partial charge in [0.05, 0.1) is 34.6 Å². The van der Waals surface area contributed by atoms with Crippen molar-refractivity contribution >= 4 is 35.5 Å². The molecule has 0 unspecified atom stereocenters. The number of furan rings is 1. The second kappa shape index (κ2) is 11.4. The Balaban J connectivity index is 1.65. The minimum atomic E-state index is -1.43. The third-order valence-electron chi connectivity index (χ3n) is 6.23. The molecule has 1 aromatic carbocycles. The van der Waals surface area contributed by atoms with Gasteiger partial charge in [-0.2, -0.15) is 0 Å². The van der Waals surface area contributed by atoms with Gasteiger partial charge < -0.3 is 24.5 Å². The van der Waals surface area contributed by atoms with Gasteiger partial charge in [0.2, 0.25) is 0 Å². The molecule has 0 bridgehead atoms. The lowest BCUT2D eigenvalue weighted by molar-refractivity contribution is -0.385. The lowest BCUT2D eigenvalue weighted by Crippen LogP contribution is -2.48. The zero-order chi connectivity index (χ0) is 29.1. The van der Waals surface area contributed by atoms with E-state index in [2.05, 4.69) is 10.6 Å². The van der Waals surface area contributed by atoms with Gasteiger partial charge in [0, 0.05) is 6.07 Å². The van der Waals surface area contributed by atoms with Crippen molar-refractivity contribution in [2.75, 3.05) is 13.2 Å². The van der Waals surface area contributed by atoms with Gasteiger partial charge in [0.25, 0.3) is 17.5 Å². The minimum Gasteiger partial charge on any atom is -0.467 e. The van der Waals surface area contributed by atoms with E-state index in [1.165, 1.54) is 18.4 Å². The van der Waals surface area contributed by atoms with Crippen molar-refractivity contribution in [3.63, 3.8) is 0 Å². The quantitative estimate of drug-likeness (QED) is 0.191. The molecule has 0 spiro atoms. The second-order valence-corrected chi connectivity index (χ2v) is 9.35. The van der Waals surface area contributed by atoms with E-state index in [-0.39, 0.29) is 41.5 Å². The highest BCUT2D eigenvalue weighted by Crippen LogP contribution is 2.34. The average Bonchev–Trinajstić information content (AvgIpc) is 3.52. The summed E-state index contributed by atoms with van der Waals surface area (Å²) in [5.74, 6) is -3.64. The van der Waals surface area contributed by atoms with E-state index >= 15 is 0 Å². The maximum Gasteiger partial charge on any atom is 0.338 e. The number of benzene rings is 1. The van der Waals surface area contributed by atoms with Crippen LogP contribution in [0.1, 0.15) is 59.7 Å². The van der Waals surface area contributed by atoms with Crippen LogP contribution in [-0.4, -0.2) is 58.9 Å². The molecule has 0 saturated heterocycles. The Morgan fingerprint density at radius 2 is 1.88 bits per heavy atom. The van der Waals surface area contributed by atoms with E-state index in [0.29, 0.717) is 4.90 Å². The molecule has 0 saturated carbocycles. The number of nitrogens with zero attached hydrogens (tertiary/aromatic N) is 2. The molecule has 1 aromatic heterocycles. The number of carbonyl (C=O) groups is 5. The number of hydrogen-bond donors (Lipinski definition) is 2. The molecule has 210 valence electrons. The van der Waals surface area contributed by atoms with Crippen molar-refractivity contribution in [2.45, 2.75) is 39.3 Å². The molecule has 4 amide bonds. The number of carbonyl (C=O) groups excluding carboxylic acids is 5. The van der Waals surface area contributed by atoms with Crippen molar-refractivity contribution in [1.29, 1.82) is 0 Å². The van der Waals surface area contributed by atoms with E-state index in [9.17, 15) is 34.1 Å². The van der Waals surface area contributed by atoms with E-state index in [0.717, 1.165) is 6.07 Å². The average molecular weight is 555 g/mol. The highest BCUT2D eigenvalue weighted by atomic mass is 16.6. The summed E-state index contributed by atoms with van der Waals surface area (Å²) in [7, 11) is 0. The number of imide groups is 1. The predicted molar refractivity (Wildman–Crippen MR) is 135 cm³/mol. The molecular formula is C26H26N4O10.